The lowest BCUT2D eigenvalue weighted by Gasteiger charge is -2.34. The number of aromatic nitrogens is 2. The topological polar surface area (TPSA) is 105 Å². The van der Waals surface area contributed by atoms with Crippen LogP contribution in [0.3, 0.4) is 0 Å². The number of piperidine rings is 1. The average molecular weight is 469 g/mol. The fraction of sp³-hybridized carbons (Fsp3) is 0.375. The van der Waals surface area contributed by atoms with Crippen LogP contribution in [0.2, 0.25) is 0 Å². The Morgan fingerprint density at radius 2 is 1.88 bits per heavy atom. The Balaban J connectivity index is 1.48. The molecule has 1 N–H and O–H groups in total. The molecule has 1 unspecified atom stereocenters. The number of sulfonamides is 1. The molecular formula is C24H28N4O4S. The molecule has 2 aromatic carbocycles. The number of nitrogens with zero attached hydrogens (tertiary/aromatic N) is 3. The second-order valence-electron chi connectivity index (χ2n) is 8.38. The van der Waals surface area contributed by atoms with Gasteiger partial charge in [0.1, 0.15) is 0 Å². The predicted octanol–water partition coefficient (Wildman–Crippen LogP) is 4.56. The minimum Gasteiger partial charge on any atom is -0.403 e. The Morgan fingerprint density at radius 3 is 2.61 bits per heavy atom. The number of rotatable bonds is 6. The lowest BCUT2D eigenvalue weighted by atomic mass is 10.0. The highest BCUT2D eigenvalue weighted by atomic mass is 32.2. The normalized spacial score (nSPS) is 17.1. The van der Waals surface area contributed by atoms with E-state index in [1.54, 1.807) is 4.31 Å². The largest absolute Gasteiger partial charge is 0.403 e. The quantitative estimate of drug-likeness (QED) is 0.569. The van der Waals surface area contributed by atoms with Crippen LogP contribution in [0.15, 0.2) is 51.8 Å². The molecule has 1 amide bonds. The van der Waals surface area contributed by atoms with Crippen LogP contribution in [-0.4, -0.2) is 41.4 Å². The number of hydrogen-bond acceptors (Lipinski definition) is 6. The van der Waals surface area contributed by atoms with E-state index in [1.165, 1.54) is 24.3 Å². The number of amides is 1. The van der Waals surface area contributed by atoms with Crippen molar-refractivity contribution in [3.05, 3.63) is 59.2 Å². The van der Waals surface area contributed by atoms with Gasteiger partial charge in [-0.3, -0.25) is 10.1 Å². The highest BCUT2D eigenvalue weighted by Crippen LogP contribution is 2.28. The monoisotopic (exact) mass is 468 g/mol. The molecule has 1 aromatic heterocycles. The maximum atomic E-state index is 13.1. The van der Waals surface area contributed by atoms with Gasteiger partial charge in [0.15, 0.2) is 0 Å². The maximum absolute atomic E-state index is 13.1. The fourth-order valence-electron chi connectivity index (χ4n) is 4.13. The summed E-state index contributed by atoms with van der Waals surface area (Å²) >= 11 is 0. The molecule has 1 saturated heterocycles. The molecule has 4 rings (SSSR count). The molecule has 33 heavy (non-hydrogen) atoms. The van der Waals surface area contributed by atoms with Crippen LogP contribution in [0.4, 0.5) is 6.01 Å². The van der Waals surface area contributed by atoms with Crippen molar-refractivity contribution in [2.45, 2.75) is 57.4 Å². The molecule has 0 bridgehead atoms. The van der Waals surface area contributed by atoms with E-state index in [9.17, 15) is 13.2 Å². The van der Waals surface area contributed by atoms with Gasteiger partial charge in [-0.2, -0.15) is 4.31 Å². The molecule has 1 fully saturated rings. The summed E-state index contributed by atoms with van der Waals surface area (Å²) in [5.74, 6) is -0.139. The summed E-state index contributed by atoms with van der Waals surface area (Å²) in [6.45, 7) is 6.46. The summed E-state index contributed by atoms with van der Waals surface area (Å²) in [5.41, 5.74) is 3.15. The van der Waals surface area contributed by atoms with Crippen molar-refractivity contribution < 1.29 is 17.6 Å². The number of aryl methyl sites for hydroxylation is 2. The van der Waals surface area contributed by atoms with Gasteiger partial charge >= 0.3 is 6.01 Å². The van der Waals surface area contributed by atoms with E-state index in [-0.39, 0.29) is 17.0 Å². The molecule has 1 aliphatic rings. The van der Waals surface area contributed by atoms with Gasteiger partial charge in [0, 0.05) is 23.7 Å². The number of anilines is 1. The Hall–Kier alpha value is -3.04. The first-order chi connectivity index (χ1) is 15.8. The van der Waals surface area contributed by atoms with Crippen molar-refractivity contribution in [3.8, 4) is 11.5 Å². The molecule has 9 heteroatoms. The van der Waals surface area contributed by atoms with E-state index in [4.69, 9.17) is 4.42 Å². The smallest absolute Gasteiger partial charge is 0.322 e. The molecule has 3 aromatic rings. The van der Waals surface area contributed by atoms with Crippen molar-refractivity contribution in [2.24, 2.45) is 0 Å². The van der Waals surface area contributed by atoms with Crippen LogP contribution < -0.4 is 5.32 Å². The van der Waals surface area contributed by atoms with Gasteiger partial charge < -0.3 is 4.42 Å². The zero-order chi connectivity index (χ0) is 23.6. The lowest BCUT2D eigenvalue weighted by Crippen LogP contribution is -2.43. The number of hydrogen-bond donors (Lipinski definition) is 1. The molecular weight excluding hydrogens is 440 g/mol. The van der Waals surface area contributed by atoms with Gasteiger partial charge in [-0.15, -0.1) is 5.10 Å². The Labute approximate surface area is 194 Å². The van der Waals surface area contributed by atoms with Crippen molar-refractivity contribution in [3.63, 3.8) is 0 Å². The van der Waals surface area contributed by atoms with Crippen LogP contribution in [0.5, 0.6) is 0 Å². The van der Waals surface area contributed by atoms with E-state index in [0.717, 1.165) is 42.4 Å². The zero-order valence-corrected chi connectivity index (χ0v) is 19.9. The Kier molecular flexibility index (Phi) is 6.62. The molecule has 1 aliphatic heterocycles. The van der Waals surface area contributed by atoms with Crippen LogP contribution >= 0.6 is 0 Å². The first-order valence-corrected chi connectivity index (χ1v) is 12.6. The van der Waals surface area contributed by atoms with Crippen molar-refractivity contribution in [1.82, 2.24) is 14.5 Å². The zero-order valence-electron chi connectivity index (χ0n) is 19.0. The molecule has 0 saturated carbocycles. The summed E-state index contributed by atoms with van der Waals surface area (Å²) in [6.07, 6.45) is 3.58. The SMILES string of the molecule is CCC1CCCCN1S(=O)(=O)c1ccc(C(=O)Nc2nnc(-c3cc(C)ccc3C)o2)cc1. The van der Waals surface area contributed by atoms with Crippen molar-refractivity contribution in [2.75, 3.05) is 11.9 Å². The average Bonchev–Trinajstić information content (AvgIpc) is 3.28. The number of benzene rings is 2. The third-order valence-corrected chi connectivity index (χ3v) is 8.00. The lowest BCUT2D eigenvalue weighted by molar-refractivity contribution is 0.102. The molecule has 8 nitrogen and oxygen atoms in total. The highest BCUT2D eigenvalue weighted by Gasteiger charge is 2.32. The van der Waals surface area contributed by atoms with Crippen molar-refractivity contribution in [1.29, 1.82) is 0 Å². The molecule has 174 valence electrons. The Morgan fingerprint density at radius 1 is 1.12 bits per heavy atom. The van der Waals surface area contributed by atoms with Crippen LogP contribution in [0.1, 0.15) is 54.1 Å². The van der Waals surface area contributed by atoms with E-state index >= 15 is 0 Å². The number of carbonyl (C=O) groups is 1. The summed E-state index contributed by atoms with van der Waals surface area (Å²) < 4.78 is 33.4. The second-order valence-corrected chi connectivity index (χ2v) is 10.3. The predicted molar refractivity (Wildman–Crippen MR) is 125 cm³/mol. The van der Waals surface area contributed by atoms with Gasteiger partial charge in [-0.25, -0.2) is 8.42 Å². The van der Waals surface area contributed by atoms with Gasteiger partial charge in [0.05, 0.1) is 4.90 Å². The van der Waals surface area contributed by atoms with Crippen LogP contribution in [0.25, 0.3) is 11.5 Å². The maximum Gasteiger partial charge on any atom is 0.322 e. The minimum absolute atomic E-state index is 0.0216. The minimum atomic E-state index is -3.60. The van der Waals surface area contributed by atoms with Crippen LogP contribution in [0, 0.1) is 13.8 Å². The summed E-state index contributed by atoms with van der Waals surface area (Å²) in [5, 5.41) is 10.5. The van der Waals surface area contributed by atoms with Crippen LogP contribution in [-0.2, 0) is 10.0 Å². The molecule has 2 heterocycles. The fourth-order valence-corrected chi connectivity index (χ4v) is 5.90. The summed E-state index contributed by atoms with van der Waals surface area (Å²) in [4.78, 5) is 12.8. The van der Waals surface area contributed by atoms with E-state index in [0.29, 0.717) is 18.0 Å². The Bertz CT molecular complexity index is 1250. The molecule has 0 spiro atoms. The molecule has 1 atom stereocenters. The summed E-state index contributed by atoms with van der Waals surface area (Å²) in [7, 11) is -3.60. The second kappa shape index (κ2) is 9.44. The van der Waals surface area contributed by atoms with E-state index in [1.807, 2.05) is 39.0 Å². The standard InChI is InChI=1S/C24H28N4O4S/c1-4-19-7-5-6-14-28(19)33(30,31)20-12-10-18(11-13-20)22(29)25-24-27-26-23(32-24)21-15-16(2)8-9-17(21)3/h8-13,15,19H,4-7,14H2,1-3H3,(H,25,27,29). The van der Waals surface area contributed by atoms with E-state index < -0.39 is 15.9 Å². The first kappa shape index (κ1) is 23.1. The van der Waals surface area contributed by atoms with Crippen molar-refractivity contribution >= 4 is 21.9 Å². The van der Waals surface area contributed by atoms with Gasteiger partial charge in [0.25, 0.3) is 5.91 Å². The first-order valence-electron chi connectivity index (χ1n) is 11.1. The highest BCUT2D eigenvalue weighted by molar-refractivity contribution is 7.89. The number of nitrogens with one attached hydrogen (secondary N) is 1. The summed E-state index contributed by atoms with van der Waals surface area (Å²) in [6, 6.07) is 11.8. The van der Waals surface area contributed by atoms with Gasteiger partial charge in [-0.05, 0) is 69.0 Å². The third-order valence-electron chi connectivity index (χ3n) is 6.04. The molecule has 0 radical (unpaired) electrons. The van der Waals surface area contributed by atoms with Gasteiger partial charge in [-0.1, -0.05) is 36.1 Å². The molecule has 0 aliphatic carbocycles. The van der Waals surface area contributed by atoms with E-state index in [2.05, 4.69) is 15.5 Å². The van der Waals surface area contributed by atoms with Gasteiger partial charge in [0.2, 0.25) is 15.9 Å². The third kappa shape index (κ3) is 4.84. The number of carbonyl (C=O) groups excluding carboxylic acids is 1.